The predicted molar refractivity (Wildman–Crippen MR) is 116 cm³/mol. The molecule has 3 rings (SSSR count). The summed E-state index contributed by atoms with van der Waals surface area (Å²) in [5, 5.41) is 14.8. The maximum absolute atomic E-state index is 12.2. The second-order valence-corrected chi connectivity index (χ2v) is 7.85. The molecule has 0 radical (unpaired) electrons. The van der Waals surface area contributed by atoms with Gasteiger partial charge in [0.15, 0.2) is 0 Å². The minimum Gasteiger partial charge on any atom is -0.507 e. The number of nitrogens with zero attached hydrogens (tertiary/aromatic N) is 2. The smallest absolute Gasteiger partial charge is 0.275 e. The Hall–Kier alpha value is -2.28. The molecule has 0 atom stereocenters. The normalized spacial score (nSPS) is 11.2. The number of carbonyl (C=O) groups is 1. The van der Waals surface area contributed by atoms with Crippen LogP contribution in [-0.4, -0.2) is 21.8 Å². The highest BCUT2D eigenvalue weighted by molar-refractivity contribution is 9.10. The molecule has 1 aromatic heterocycles. The van der Waals surface area contributed by atoms with Crippen LogP contribution < -0.4 is 5.43 Å². The summed E-state index contributed by atoms with van der Waals surface area (Å²) < 4.78 is 2.70. The second kappa shape index (κ2) is 8.39. The number of carbonyl (C=O) groups excluding carboxylic acids is 1. The third kappa shape index (κ3) is 4.24. The SMILES string of the molecule is Cc1cc(/C=N/NC(=O)c2cc(Br)ccc2O)c(C)n1-c1ccc(Cl)c(Cl)c1. The van der Waals surface area contributed by atoms with E-state index in [-0.39, 0.29) is 11.3 Å². The van der Waals surface area contributed by atoms with E-state index in [1.54, 1.807) is 24.4 Å². The molecule has 1 amide bonds. The van der Waals surface area contributed by atoms with Gasteiger partial charge in [-0.25, -0.2) is 5.43 Å². The van der Waals surface area contributed by atoms with Crippen molar-refractivity contribution in [3.05, 3.63) is 79.5 Å². The van der Waals surface area contributed by atoms with Crippen LogP contribution in [0.2, 0.25) is 10.0 Å². The molecule has 0 aliphatic rings. The Morgan fingerprint density at radius 2 is 1.89 bits per heavy atom. The van der Waals surface area contributed by atoms with Gasteiger partial charge in [-0.15, -0.1) is 0 Å². The molecule has 1 heterocycles. The first-order valence-electron chi connectivity index (χ1n) is 8.24. The molecule has 0 saturated heterocycles. The summed E-state index contributed by atoms with van der Waals surface area (Å²) in [6, 6.07) is 12.0. The largest absolute Gasteiger partial charge is 0.507 e. The van der Waals surface area contributed by atoms with Crippen molar-refractivity contribution in [1.29, 1.82) is 0 Å². The Morgan fingerprint density at radius 1 is 1.14 bits per heavy atom. The number of amides is 1. The van der Waals surface area contributed by atoms with Crippen molar-refractivity contribution in [3.63, 3.8) is 0 Å². The highest BCUT2D eigenvalue weighted by Crippen LogP contribution is 2.27. The number of rotatable bonds is 4. The fourth-order valence-corrected chi connectivity index (χ4v) is 3.50. The molecule has 5 nitrogen and oxygen atoms in total. The van der Waals surface area contributed by atoms with Crippen molar-refractivity contribution >= 4 is 51.3 Å². The second-order valence-electron chi connectivity index (χ2n) is 6.12. The summed E-state index contributed by atoms with van der Waals surface area (Å²) in [5.41, 5.74) is 6.19. The van der Waals surface area contributed by atoms with Crippen molar-refractivity contribution in [3.8, 4) is 11.4 Å². The van der Waals surface area contributed by atoms with Crippen LogP contribution in [-0.2, 0) is 0 Å². The molecule has 8 heteroatoms. The maximum Gasteiger partial charge on any atom is 0.275 e. The summed E-state index contributed by atoms with van der Waals surface area (Å²) in [6.45, 7) is 3.91. The molecule has 28 heavy (non-hydrogen) atoms. The first-order chi connectivity index (χ1) is 13.3. The average Bonchev–Trinajstić information content (AvgIpc) is 2.93. The highest BCUT2D eigenvalue weighted by atomic mass is 79.9. The molecule has 0 fully saturated rings. The summed E-state index contributed by atoms with van der Waals surface area (Å²) in [7, 11) is 0. The van der Waals surface area contributed by atoms with E-state index in [1.807, 2.05) is 30.5 Å². The van der Waals surface area contributed by atoms with E-state index in [0.717, 1.165) is 22.6 Å². The standard InChI is InChI=1S/C20H16BrCl2N3O2/c1-11-7-13(12(2)26(11)15-4-5-17(22)18(23)9-15)10-24-25-20(28)16-8-14(21)3-6-19(16)27/h3-10,27H,1-2H3,(H,25,28)/b24-10+. The van der Waals surface area contributed by atoms with Crippen molar-refractivity contribution in [2.75, 3.05) is 0 Å². The van der Waals surface area contributed by atoms with Crippen LogP contribution >= 0.6 is 39.1 Å². The molecule has 0 aliphatic heterocycles. The van der Waals surface area contributed by atoms with Crippen LogP contribution in [0.1, 0.15) is 27.3 Å². The van der Waals surface area contributed by atoms with Gasteiger partial charge in [0.1, 0.15) is 5.75 Å². The molecule has 0 unspecified atom stereocenters. The summed E-state index contributed by atoms with van der Waals surface area (Å²) >= 11 is 15.4. The fourth-order valence-electron chi connectivity index (χ4n) is 2.85. The molecule has 0 saturated carbocycles. The van der Waals surface area contributed by atoms with E-state index in [1.165, 1.54) is 12.1 Å². The van der Waals surface area contributed by atoms with Gasteiger partial charge in [0, 0.05) is 27.1 Å². The lowest BCUT2D eigenvalue weighted by molar-refractivity contribution is 0.0952. The Balaban J connectivity index is 1.82. The zero-order valence-corrected chi connectivity index (χ0v) is 18.1. The van der Waals surface area contributed by atoms with Gasteiger partial charge >= 0.3 is 0 Å². The third-order valence-corrected chi connectivity index (χ3v) is 5.44. The summed E-state index contributed by atoms with van der Waals surface area (Å²) in [4.78, 5) is 12.2. The average molecular weight is 481 g/mol. The number of halogens is 3. The van der Waals surface area contributed by atoms with Gasteiger partial charge in [-0.05, 0) is 56.3 Å². The lowest BCUT2D eigenvalue weighted by Crippen LogP contribution is -2.17. The van der Waals surface area contributed by atoms with Gasteiger partial charge in [0.2, 0.25) is 0 Å². The third-order valence-electron chi connectivity index (χ3n) is 4.20. The minimum atomic E-state index is -0.506. The zero-order valence-electron chi connectivity index (χ0n) is 15.0. The quantitative estimate of drug-likeness (QED) is 0.375. The van der Waals surface area contributed by atoms with E-state index in [4.69, 9.17) is 23.2 Å². The Morgan fingerprint density at radius 3 is 2.61 bits per heavy atom. The maximum atomic E-state index is 12.2. The van der Waals surface area contributed by atoms with Crippen LogP contribution in [0.3, 0.4) is 0 Å². The number of hydrazone groups is 1. The number of benzene rings is 2. The first-order valence-corrected chi connectivity index (χ1v) is 9.79. The van der Waals surface area contributed by atoms with Crippen molar-refractivity contribution in [1.82, 2.24) is 9.99 Å². The Kier molecular flexibility index (Phi) is 6.13. The van der Waals surface area contributed by atoms with Crippen molar-refractivity contribution < 1.29 is 9.90 Å². The molecular formula is C20H16BrCl2N3O2. The van der Waals surface area contributed by atoms with Crippen LogP contribution in [0.5, 0.6) is 5.75 Å². The number of phenolic OH excluding ortho intramolecular Hbond substituents is 1. The van der Waals surface area contributed by atoms with E-state index in [0.29, 0.717) is 14.5 Å². The molecule has 0 aliphatic carbocycles. The predicted octanol–water partition coefficient (Wildman–Crippen LogP) is 5.63. The number of nitrogens with one attached hydrogen (secondary N) is 1. The van der Waals surface area contributed by atoms with E-state index >= 15 is 0 Å². The topological polar surface area (TPSA) is 66.6 Å². The monoisotopic (exact) mass is 479 g/mol. The Bertz CT molecular complexity index is 1090. The minimum absolute atomic E-state index is 0.117. The van der Waals surface area contributed by atoms with Gasteiger partial charge in [-0.3, -0.25) is 4.79 Å². The fraction of sp³-hybridized carbons (Fsp3) is 0.100. The molecule has 144 valence electrons. The zero-order chi connectivity index (χ0) is 20.4. The van der Waals surface area contributed by atoms with Gasteiger partial charge in [0.25, 0.3) is 5.91 Å². The number of aryl methyl sites for hydroxylation is 1. The Labute approximate surface area is 180 Å². The van der Waals surface area contributed by atoms with Crippen LogP contribution in [0.15, 0.2) is 52.0 Å². The van der Waals surface area contributed by atoms with Crippen molar-refractivity contribution in [2.45, 2.75) is 13.8 Å². The van der Waals surface area contributed by atoms with E-state index < -0.39 is 5.91 Å². The number of aromatic nitrogens is 1. The van der Waals surface area contributed by atoms with E-state index in [2.05, 4.69) is 26.5 Å². The molecule has 0 spiro atoms. The molecule has 0 bridgehead atoms. The van der Waals surface area contributed by atoms with Gasteiger partial charge < -0.3 is 9.67 Å². The first kappa shape index (κ1) is 20.5. The lowest BCUT2D eigenvalue weighted by Gasteiger charge is -2.10. The van der Waals surface area contributed by atoms with Gasteiger partial charge in [0.05, 0.1) is 21.8 Å². The van der Waals surface area contributed by atoms with Gasteiger partial charge in [-0.2, -0.15) is 5.10 Å². The molecule has 2 N–H and O–H groups in total. The highest BCUT2D eigenvalue weighted by Gasteiger charge is 2.12. The number of hydrogen-bond acceptors (Lipinski definition) is 3. The molecule has 3 aromatic rings. The van der Waals surface area contributed by atoms with Gasteiger partial charge in [-0.1, -0.05) is 39.1 Å². The summed E-state index contributed by atoms with van der Waals surface area (Å²) in [6.07, 6.45) is 1.56. The lowest BCUT2D eigenvalue weighted by atomic mass is 10.2. The summed E-state index contributed by atoms with van der Waals surface area (Å²) in [5.74, 6) is -0.623. The molecular weight excluding hydrogens is 465 g/mol. The number of aromatic hydroxyl groups is 1. The van der Waals surface area contributed by atoms with Crippen LogP contribution in [0, 0.1) is 13.8 Å². The number of hydrogen-bond donors (Lipinski definition) is 2. The van der Waals surface area contributed by atoms with Crippen molar-refractivity contribution in [2.24, 2.45) is 5.10 Å². The number of phenols is 1. The van der Waals surface area contributed by atoms with Crippen LogP contribution in [0.4, 0.5) is 0 Å². The van der Waals surface area contributed by atoms with Crippen LogP contribution in [0.25, 0.3) is 5.69 Å². The van der Waals surface area contributed by atoms with E-state index in [9.17, 15) is 9.90 Å². The molecule has 2 aromatic carbocycles.